The number of fused-ring (bicyclic) bond motifs is 1. The van der Waals surface area contributed by atoms with Gasteiger partial charge in [0.2, 0.25) is 5.91 Å². The molecule has 5 rings (SSSR count). The Morgan fingerprint density at radius 3 is 2.44 bits per heavy atom. The first kappa shape index (κ1) is 20.1. The zero-order valence-electron chi connectivity index (χ0n) is 17.8. The van der Waals surface area contributed by atoms with Gasteiger partial charge in [0, 0.05) is 67.8 Å². The van der Waals surface area contributed by atoms with Crippen LogP contribution in [0.3, 0.4) is 0 Å². The van der Waals surface area contributed by atoms with Gasteiger partial charge >= 0.3 is 0 Å². The van der Waals surface area contributed by atoms with E-state index < -0.39 is 0 Å². The molecule has 2 amide bonds. The number of aromatic nitrogens is 3. The number of nitrogens with zero attached hydrogens (tertiary/aromatic N) is 4. The minimum absolute atomic E-state index is 0.0166. The minimum Gasteiger partial charge on any atom is -0.361 e. The van der Waals surface area contributed by atoms with Gasteiger partial charge in [-0.05, 0) is 29.3 Å². The van der Waals surface area contributed by atoms with Crippen LogP contribution in [-0.4, -0.2) is 62.3 Å². The third-order valence-corrected chi connectivity index (χ3v) is 6.06. The van der Waals surface area contributed by atoms with Gasteiger partial charge in [-0.2, -0.15) is 0 Å². The summed E-state index contributed by atoms with van der Waals surface area (Å²) in [5.74, 6) is 0.119. The number of imidazole rings is 1. The van der Waals surface area contributed by atoms with Gasteiger partial charge in [-0.3, -0.25) is 9.59 Å². The van der Waals surface area contributed by atoms with E-state index in [0.29, 0.717) is 38.2 Å². The van der Waals surface area contributed by atoms with Crippen molar-refractivity contribution < 1.29 is 9.59 Å². The molecule has 0 radical (unpaired) electrons. The van der Waals surface area contributed by atoms with Gasteiger partial charge in [0.1, 0.15) is 0 Å². The van der Waals surface area contributed by atoms with E-state index in [9.17, 15) is 9.59 Å². The fraction of sp³-hybridized carbons (Fsp3) is 0.240. The average Bonchev–Trinajstić information content (AvgIpc) is 3.49. The van der Waals surface area contributed by atoms with Crippen molar-refractivity contribution in [3.05, 3.63) is 90.1 Å². The second-order valence-corrected chi connectivity index (χ2v) is 8.14. The Morgan fingerprint density at radius 1 is 0.938 bits per heavy atom. The van der Waals surface area contributed by atoms with Gasteiger partial charge in [-0.15, -0.1) is 0 Å². The van der Waals surface area contributed by atoms with E-state index in [1.165, 1.54) is 0 Å². The molecule has 1 aliphatic heterocycles. The number of hydrogen-bond donors (Lipinski definition) is 1. The smallest absolute Gasteiger partial charge is 0.253 e. The fourth-order valence-corrected chi connectivity index (χ4v) is 4.24. The number of nitrogens with one attached hydrogen (secondary N) is 1. The summed E-state index contributed by atoms with van der Waals surface area (Å²) in [5, 5.41) is 1.09. The van der Waals surface area contributed by atoms with Crippen LogP contribution in [0.25, 0.3) is 10.9 Å². The monoisotopic (exact) mass is 427 g/mol. The molecule has 7 nitrogen and oxygen atoms in total. The molecule has 1 aliphatic rings. The third kappa shape index (κ3) is 4.14. The Kier molecular flexibility index (Phi) is 5.46. The quantitative estimate of drug-likeness (QED) is 0.532. The van der Waals surface area contributed by atoms with Crippen molar-refractivity contribution in [3.63, 3.8) is 0 Å². The Hall–Kier alpha value is -3.87. The van der Waals surface area contributed by atoms with Gasteiger partial charge in [0.25, 0.3) is 5.91 Å². The van der Waals surface area contributed by atoms with Gasteiger partial charge < -0.3 is 19.4 Å². The number of hydrogen-bond acceptors (Lipinski definition) is 3. The highest BCUT2D eigenvalue weighted by Crippen LogP contribution is 2.19. The summed E-state index contributed by atoms with van der Waals surface area (Å²) in [6, 6.07) is 15.7. The molecule has 4 aromatic rings. The van der Waals surface area contributed by atoms with Crippen LogP contribution in [-0.2, 0) is 17.8 Å². The molecule has 1 saturated heterocycles. The van der Waals surface area contributed by atoms with Crippen LogP contribution in [0.2, 0.25) is 0 Å². The molecule has 32 heavy (non-hydrogen) atoms. The lowest BCUT2D eigenvalue weighted by atomic mass is 10.1. The number of benzene rings is 2. The Bertz CT molecular complexity index is 1220. The zero-order valence-corrected chi connectivity index (χ0v) is 17.8. The SMILES string of the molecule is O=C(Cc1c[nH]c2ccccc12)N1CCN(C(=O)c2ccc(Cn3ccnc3)cc2)CC1. The maximum Gasteiger partial charge on any atom is 0.253 e. The Morgan fingerprint density at radius 2 is 1.69 bits per heavy atom. The molecule has 2 aromatic carbocycles. The van der Waals surface area contributed by atoms with Crippen LogP contribution in [0.4, 0.5) is 0 Å². The molecule has 0 atom stereocenters. The van der Waals surface area contributed by atoms with Crippen LogP contribution in [0.15, 0.2) is 73.4 Å². The lowest BCUT2D eigenvalue weighted by molar-refractivity contribution is -0.131. The molecule has 7 heteroatoms. The van der Waals surface area contributed by atoms with Crippen molar-refractivity contribution in [1.82, 2.24) is 24.3 Å². The molecule has 1 N–H and O–H groups in total. The number of carbonyl (C=O) groups is 2. The molecule has 0 unspecified atom stereocenters. The predicted molar refractivity (Wildman–Crippen MR) is 122 cm³/mol. The van der Waals surface area contributed by atoms with E-state index in [4.69, 9.17) is 0 Å². The van der Waals surface area contributed by atoms with Crippen molar-refractivity contribution in [2.75, 3.05) is 26.2 Å². The molecule has 0 saturated carbocycles. The van der Waals surface area contributed by atoms with Crippen molar-refractivity contribution >= 4 is 22.7 Å². The van der Waals surface area contributed by atoms with E-state index >= 15 is 0 Å². The molecule has 162 valence electrons. The summed E-state index contributed by atoms with van der Waals surface area (Å²) < 4.78 is 1.99. The van der Waals surface area contributed by atoms with Crippen LogP contribution in [0.5, 0.6) is 0 Å². The van der Waals surface area contributed by atoms with Gasteiger partial charge in [0.15, 0.2) is 0 Å². The van der Waals surface area contributed by atoms with Crippen molar-refractivity contribution in [2.45, 2.75) is 13.0 Å². The van der Waals surface area contributed by atoms with E-state index in [0.717, 1.165) is 28.6 Å². The van der Waals surface area contributed by atoms with E-state index in [2.05, 4.69) is 9.97 Å². The second kappa shape index (κ2) is 8.70. The average molecular weight is 428 g/mol. The highest BCUT2D eigenvalue weighted by Gasteiger charge is 2.25. The molecule has 0 bridgehead atoms. The van der Waals surface area contributed by atoms with E-state index in [-0.39, 0.29) is 11.8 Å². The van der Waals surface area contributed by atoms with Crippen molar-refractivity contribution in [2.24, 2.45) is 0 Å². The summed E-state index contributed by atoms with van der Waals surface area (Å²) >= 11 is 0. The molecule has 2 aromatic heterocycles. The van der Waals surface area contributed by atoms with Crippen LogP contribution >= 0.6 is 0 Å². The van der Waals surface area contributed by atoms with Crippen LogP contribution in [0, 0.1) is 0 Å². The molecular weight excluding hydrogens is 402 g/mol. The number of carbonyl (C=O) groups excluding carboxylic acids is 2. The fourth-order valence-electron chi connectivity index (χ4n) is 4.24. The Balaban J connectivity index is 1.16. The first-order valence-corrected chi connectivity index (χ1v) is 10.8. The number of rotatable bonds is 5. The summed E-state index contributed by atoms with van der Waals surface area (Å²) in [6.07, 6.45) is 7.73. The molecule has 1 fully saturated rings. The number of piperazine rings is 1. The molecule has 3 heterocycles. The first-order valence-electron chi connectivity index (χ1n) is 10.8. The second-order valence-electron chi connectivity index (χ2n) is 8.14. The summed E-state index contributed by atoms with van der Waals surface area (Å²) in [6.45, 7) is 2.95. The standard InChI is InChI=1S/C25H25N5O2/c31-24(15-21-16-27-23-4-2-1-3-22(21)23)29-11-13-30(14-12-29)25(32)20-7-5-19(6-8-20)17-28-10-9-26-18-28/h1-10,16,18,27H,11-15,17H2. The topological polar surface area (TPSA) is 74.2 Å². The lowest BCUT2D eigenvalue weighted by Gasteiger charge is -2.35. The third-order valence-electron chi connectivity index (χ3n) is 6.06. The first-order chi connectivity index (χ1) is 15.7. The van der Waals surface area contributed by atoms with Crippen molar-refractivity contribution in [3.8, 4) is 0 Å². The Labute approximate surface area is 186 Å². The number of aromatic amines is 1. The van der Waals surface area contributed by atoms with E-state index in [1.807, 2.05) is 75.3 Å². The normalized spacial score (nSPS) is 14.1. The molecular formula is C25H25N5O2. The summed E-state index contributed by atoms with van der Waals surface area (Å²) in [5.41, 5.74) is 3.85. The lowest BCUT2D eigenvalue weighted by Crippen LogP contribution is -2.51. The molecule has 0 spiro atoms. The van der Waals surface area contributed by atoms with Crippen molar-refractivity contribution in [1.29, 1.82) is 0 Å². The maximum atomic E-state index is 12.9. The van der Waals surface area contributed by atoms with E-state index in [1.54, 1.807) is 12.5 Å². The largest absolute Gasteiger partial charge is 0.361 e. The highest BCUT2D eigenvalue weighted by molar-refractivity contribution is 5.94. The van der Waals surface area contributed by atoms with Gasteiger partial charge in [-0.1, -0.05) is 30.3 Å². The predicted octanol–water partition coefficient (Wildman–Crippen LogP) is 2.94. The minimum atomic E-state index is 0.0166. The summed E-state index contributed by atoms with van der Waals surface area (Å²) in [7, 11) is 0. The maximum absolute atomic E-state index is 12.9. The summed E-state index contributed by atoms with van der Waals surface area (Å²) in [4.78, 5) is 36.7. The number of para-hydroxylation sites is 1. The molecule has 0 aliphatic carbocycles. The van der Waals surface area contributed by atoms with Crippen LogP contribution in [0.1, 0.15) is 21.5 Å². The number of amides is 2. The highest BCUT2D eigenvalue weighted by atomic mass is 16.2. The van der Waals surface area contributed by atoms with Crippen LogP contribution < -0.4 is 0 Å². The zero-order chi connectivity index (χ0) is 21.9. The number of H-pyrrole nitrogens is 1. The van der Waals surface area contributed by atoms with Gasteiger partial charge in [0.05, 0.1) is 12.7 Å². The van der Waals surface area contributed by atoms with Gasteiger partial charge in [-0.25, -0.2) is 4.98 Å².